The molecule has 2 aromatic heterocycles. The lowest BCUT2D eigenvalue weighted by molar-refractivity contribution is -0.130. The lowest BCUT2D eigenvalue weighted by Gasteiger charge is -2.25. The minimum atomic E-state index is -0.348. The number of carbonyl (C=O) groups is 1. The van der Waals surface area contributed by atoms with Crippen LogP contribution in [0.1, 0.15) is 43.5 Å². The molecule has 0 bridgehead atoms. The Kier molecular flexibility index (Phi) is 5.94. The summed E-state index contributed by atoms with van der Waals surface area (Å²) in [5, 5.41) is 9.40. The molecule has 1 fully saturated rings. The normalized spacial score (nSPS) is 14.6. The number of aromatic nitrogens is 4. The Morgan fingerprint density at radius 2 is 1.90 bits per heavy atom. The molecular weight excluding hydrogens is 382 g/mol. The second-order valence-electron chi connectivity index (χ2n) is 7.07. The van der Waals surface area contributed by atoms with Gasteiger partial charge in [0.15, 0.2) is 11.0 Å². The monoisotopic (exact) mass is 407 g/mol. The zero-order chi connectivity index (χ0) is 20.2. The Hall–Kier alpha value is -2.67. The molecule has 2 heterocycles. The Morgan fingerprint density at radius 1 is 1.14 bits per heavy atom. The Labute approximate surface area is 175 Å². The summed E-state index contributed by atoms with van der Waals surface area (Å²) in [5.74, 6) is 0.935. The van der Waals surface area contributed by atoms with Crippen molar-refractivity contribution in [2.24, 2.45) is 0 Å². The molecule has 0 radical (unpaired) electrons. The topological polar surface area (TPSA) is 63.9 Å². The van der Waals surface area contributed by atoms with Gasteiger partial charge in [-0.25, -0.2) is 0 Å². The van der Waals surface area contributed by atoms with Crippen LogP contribution in [0.3, 0.4) is 0 Å². The summed E-state index contributed by atoms with van der Waals surface area (Å²) in [6.07, 6.45) is 5.79. The maximum atomic E-state index is 13.3. The lowest BCUT2D eigenvalue weighted by atomic mass is 10.1. The molecular formula is C22H25N5OS. The quantitative estimate of drug-likeness (QED) is 0.519. The molecule has 0 saturated heterocycles. The number of hydrogen-bond acceptors (Lipinski definition) is 5. The van der Waals surface area contributed by atoms with E-state index < -0.39 is 0 Å². The molecule has 0 aliphatic heterocycles. The molecule has 1 aromatic carbocycles. The fourth-order valence-corrected chi connectivity index (χ4v) is 4.60. The van der Waals surface area contributed by atoms with Crippen LogP contribution in [-0.4, -0.2) is 43.6 Å². The van der Waals surface area contributed by atoms with Gasteiger partial charge in [0.2, 0.25) is 5.91 Å². The molecule has 0 spiro atoms. The van der Waals surface area contributed by atoms with Gasteiger partial charge < -0.3 is 4.90 Å². The average molecular weight is 408 g/mol. The number of pyridine rings is 1. The number of carbonyl (C=O) groups excluding carboxylic acids is 1. The van der Waals surface area contributed by atoms with Crippen molar-refractivity contribution in [2.75, 3.05) is 13.1 Å². The van der Waals surface area contributed by atoms with Crippen LogP contribution in [-0.2, 0) is 4.79 Å². The minimum absolute atomic E-state index is 0.111. The highest BCUT2D eigenvalue weighted by molar-refractivity contribution is 8.00. The zero-order valence-corrected chi connectivity index (χ0v) is 17.5. The summed E-state index contributed by atoms with van der Waals surface area (Å²) in [6, 6.07) is 14.3. The van der Waals surface area contributed by atoms with Gasteiger partial charge in [0.1, 0.15) is 5.25 Å². The molecule has 1 amide bonds. The third kappa shape index (κ3) is 4.19. The first kappa shape index (κ1) is 19.6. The first-order chi connectivity index (χ1) is 14.2. The van der Waals surface area contributed by atoms with Gasteiger partial charge in [-0.3, -0.25) is 14.3 Å². The van der Waals surface area contributed by atoms with Crippen molar-refractivity contribution < 1.29 is 4.79 Å². The largest absolute Gasteiger partial charge is 0.342 e. The highest BCUT2D eigenvalue weighted by Gasteiger charge is 2.33. The molecule has 0 N–H and O–H groups in total. The second-order valence-corrected chi connectivity index (χ2v) is 8.14. The van der Waals surface area contributed by atoms with Crippen LogP contribution in [0, 0.1) is 0 Å². The standard InChI is InChI=1S/C22H25N5OS/c1-3-26(4-2)21(28)19(16-9-6-5-7-10-16)29-22-25-24-20(27(22)18-12-13-18)17-11-8-14-23-15-17/h5-11,14-15,18-19H,3-4,12-13H2,1-2H3. The molecule has 4 rings (SSSR count). The Bertz CT molecular complexity index is 952. The van der Waals surface area contributed by atoms with Crippen LogP contribution >= 0.6 is 11.8 Å². The molecule has 6 nitrogen and oxygen atoms in total. The van der Waals surface area contributed by atoms with Crippen molar-refractivity contribution in [1.82, 2.24) is 24.6 Å². The maximum absolute atomic E-state index is 13.3. The predicted molar refractivity (Wildman–Crippen MR) is 114 cm³/mol. The highest BCUT2D eigenvalue weighted by Crippen LogP contribution is 2.44. The van der Waals surface area contributed by atoms with Crippen LogP contribution in [0.2, 0.25) is 0 Å². The fourth-order valence-electron chi connectivity index (χ4n) is 3.41. The third-order valence-electron chi connectivity index (χ3n) is 5.12. The van der Waals surface area contributed by atoms with Crippen molar-refractivity contribution in [2.45, 2.75) is 43.1 Å². The summed E-state index contributed by atoms with van der Waals surface area (Å²) in [7, 11) is 0. The summed E-state index contributed by atoms with van der Waals surface area (Å²) in [6.45, 7) is 5.41. The van der Waals surface area contributed by atoms with Crippen LogP contribution in [0.25, 0.3) is 11.4 Å². The summed E-state index contributed by atoms with van der Waals surface area (Å²) < 4.78 is 2.19. The predicted octanol–water partition coefficient (Wildman–Crippen LogP) is 4.38. The van der Waals surface area contributed by atoms with E-state index in [2.05, 4.69) is 19.7 Å². The first-order valence-corrected chi connectivity index (χ1v) is 11.0. The number of nitrogens with zero attached hydrogens (tertiary/aromatic N) is 5. The molecule has 150 valence electrons. The summed E-state index contributed by atoms with van der Waals surface area (Å²) >= 11 is 1.50. The molecule has 1 atom stereocenters. The summed E-state index contributed by atoms with van der Waals surface area (Å²) in [5.41, 5.74) is 1.94. The molecule has 29 heavy (non-hydrogen) atoms. The number of likely N-dealkylation sites (N-methyl/N-ethyl adjacent to an activating group) is 1. The fraction of sp³-hybridized carbons (Fsp3) is 0.364. The average Bonchev–Trinajstić information content (AvgIpc) is 3.53. The molecule has 1 unspecified atom stereocenters. The van der Waals surface area contributed by atoms with E-state index in [1.165, 1.54) is 11.8 Å². The molecule has 7 heteroatoms. The zero-order valence-electron chi connectivity index (χ0n) is 16.7. The van der Waals surface area contributed by atoms with E-state index in [1.807, 2.05) is 67.4 Å². The van der Waals surface area contributed by atoms with Crippen LogP contribution in [0.4, 0.5) is 0 Å². The number of hydrogen-bond donors (Lipinski definition) is 0. The first-order valence-electron chi connectivity index (χ1n) is 10.1. The lowest BCUT2D eigenvalue weighted by Crippen LogP contribution is -2.34. The van der Waals surface area contributed by atoms with E-state index in [0.29, 0.717) is 19.1 Å². The van der Waals surface area contributed by atoms with Crippen molar-refractivity contribution >= 4 is 17.7 Å². The van der Waals surface area contributed by atoms with Gasteiger partial charge in [-0.2, -0.15) is 0 Å². The van der Waals surface area contributed by atoms with Gasteiger partial charge in [-0.1, -0.05) is 42.1 Å². The van der Waals surface area contributed by atoms with E-state index in [0.717, 1.165) is 34.9 Å². The summed E-state index contributed by atoms with van der Waals surface area (Å²) in [4.78, 5) is 19.4. The number of amides is 1. The minimum Gasteiger partial charge on any atom is -0.342 e. The second kappa shape index (κ2) is 8.78. The smallest absolute Gasteiger partial charge is 0.240 e. The number of rotatable bonds is 8. The molecule has 1 saturated carbocycles. The highest BCUT2D eigenvalue weighted by atomic mass is 32.2. The van der Waals surface area contributed by atoms with E-state index in [4.69, 9.17) is 0 Å². The molecule has 1 aliphatic rings. The van der Waals surface area contributed by atoms with Crippen molar-refractivity contribution in [3.8, 4) is 11.4 Å². The van der Waals surface area contributed by atoms with E-state index in [9.17, 15) is 4.79 Å². The van der Waals surface area contributed by atoms with Gasteiger partial charge in [0, 0.05) is 37.1 Å². The molecule has 3 aromatic rings. The van der Waals surface area contributed by atoms with E-state index in [-0.39, 0.29) is 11.2 Å². The van der Waals surface area contributed by atoms with E-state index >= 15 is 0 Å². The third-order valence-corrected chi connectivity index (χ3v) is 6.32. The van der Waals surface area contributed by atoms with Crippen molar-refractivity contribution in [3.05, 3.63) is 60.4 Å². The maximum Gasteiger partial charge on any atom is 0.240 e. The van der Waals surface area contributed by atoms with Gasteiger partial charge >= 0.3 is 0 Å². The van der Waals surface area contributed by atoms with Crippen molar-refractivity contribution in [1.29, 1.82) is 0 Å². The van der Waals surface area contributed by atoms with Crippen molar-refractivity contribution in [3.63, 3.8) is 0 Å². The number of benzene rings is 1. The van der Waals surface area contributed by atoms with Crippen LogP contribution < -0.4 is 0 Å². The molecule has 1 aliphatic carbocycles. The van der Waals surface area contributed by atoms with Crippen LogP contribution in [0.5, 0.6) is 0 Å². The van der Waals surface area contributed by atoms with Gasteiger partial charge in [0.05, 0.1) is 0 Å². The van der Waals surface area contributed by atoms with Crippen LogP contribution in [0.15, 0.2) is 60.0 Å². The number of thioether (sulfide) groups is 1. The van der Waals surface area contributed by atoms with Gasteiger partial charge in [0.25, 0.3) is 0 Å². The Balaban J connectivity index is 1.71. The van der Waals surface area contributed by atoms with Gasteiger partial charge in [-0.15, -0.1) is 10.2 Å². The van der Waals surface area contributed by atoms with E-state index in [1.54, 1.807) is 6.20 Å². The SMILES string of the molecule is CCN(CC)C(=O)C(Sc1nnc(-c2cccnc2)n1C1CC1)c1ccccc1. The van der Waals surface area contributed by atoms with Gasteiger partial charge in [-0.05, 0) is 44.4 Å². The Morgan fingerprint density at radius 3 is 2.52 bits per heavy atom.